The van der Waals surface area contributed by atoms with Crippen LogP contribution in [0.5, 0.6) is 0 Å². The van der Waals surface area contributed by atoms with Gasteiger partial charge in [0.25, 0.3) is 0 Å². The Labute approximate surface area is 136 Å². The number of amides is 2. The molecule has 0 saturated carbocycles. The van der Waals surface area contributed by atoms with Gasteiger partial charge in [-0.1, -0.05) is 18.2 Å². The van der Waals surface area contributed by atoms with Gasteiger partial charge in [0, 0.05) is 38.7 Å². The second-order valence-electron chi connectivity index (χ2n) is 5.79. The minimum atomic E-state index is -0.238. The molecule has 0 unspecified atom stereocenters. The number of fused-ring (bicyclic) bond motifs is 1. The smallest absolute Gasteiger partial charge is 0.315 e. The zero-order chi connectivity index (χ0) is 16.8. The minimum Gasteiger partial charge on any atom is -0.396 e. The van der Waals surface area contributed by atoms with E-state index in [9.17, 15) is 4.79 Å². The molecule has 6 heteroatoms. The molecule has 6 nitrogen and oxygen atoms in total. The van der Waals surface area contributed by atoms with E-state index in [1.165, 1.54) is 0 Å². The molecule has 0 spiro atoms. The standard InChI is InChI=1S/C17H24N4O2/c1-12(8-9-22)19-17(23)18-11-13-10-16(21(2)3)20-15-7-5-4-6-14(13)15/h4-7,10,12,22H,8-9,11H2,1-3H3,(H2,18,19,23)/t12-/m1/s1. The molecule has 3 N–H and O–H groups in total. The lowest BCUT2D eigenvalue weighted by Crippen LogP contribution is -2.40. The molecule has 124 valence electrons. The van der Waals surface area contributed by atoms with Crippen molar-refractivity contribution in [1.29, 1.82) is 0 Å². The molecule has 1 aromatic heterocycles. The Morgan fingerprint density at radius 2 is 2.09 bits per heavy atom. The van der Waals surface area contributed by atoms with Crippen LogP contribution in [0.1, 0.15) is 18.9 Å². The Hall–Kier alpha value is -2.34. The maximum absolute atomic E-state index is 11.9. The number of aliphatic hydroxyl groups is 1. The molecular formula is C17H24N4O2. The molecule has 0 bridgehead atoms. The van der Waals surface area contributed by atoms with Crippen LogP contribution in [-0.2, 0) is 6.54 Å². The SMILES string of the molecule is C[C@H](CCO)NC(=O)NCc1cc(N(C)C)nc2ccccc12. The first-order valence-corrected chi connectivity index (χ1v) is 7.72. The summed E-state index contributed by atoms with van der Waals surface area (Å²) in [5, 5.41) is 15.6. The van der Waals surface area contributed by atoms with Gasteiger partial charge in [0.1, 0.15) is 5.82 Å². The summed E-state index contributed by atoms with van der Waals surface area (Å²) in [5.74, 6) is 0.856. The van der Waals surface area contributed by atoms with Crippen molar-refractivity contribution in [3.05, 3.63) is 35.9 Å². The van der Waals surface area contributed by atoms with Crippen LogP contribution in [0.4, 0.5) is 10.6 Å². The number of para-hydroxylation sites is 1. The van der Waals surface area contributed by atoms with Crippen LogP contribution in [0.25, 0.3) is 10.9 Å². The van der Waals surface area contributed by atoms with Crippen molar-refractivity contribution in [2.24, 2.45) is 0 Å². The Morgan fingerprint density at radius 3 is 2.78 bits per heavy atom. The molecule has 0 aliphatic heterocycles. The van der Waals surface area contributed by atoms with E-state index in [0.717, 1.165) is 22.3 Å². The highest BCUT2D eigenvalue weighted by atomic mass is 16.3. The molecule has 1 atom stereocenters. The molecule has 2 aromatic rings. The van der Waals surface area contributed by atoms with Gasteiger partial charge in [0.15, 0.2) is 0 Å². The number of carbonyl (C=O) groups excluding carboxylic acids is 1. The summed E-state index contributed by atoms with van der Waals surface area (Å²) in [6.07, 6.45) is 0.538. The lowest BCUT2D eigenvalue weighted by Gasteiger charge is -2.17. The molecule has 0 saturated heterocycles. The van der Waals surface area contributed by atoms with Crippen molar-refractivity contribution in [2.45, 2.75) is 25.9 Å². The van der Waals surface area contributed by atoms with Crippen molar-refractivity contribution in [1.82, 2.24) is 15.6 Å². The van der Waals surface area contributed by atoms with Crippen molar-refractivity contribution in [3.63, 3.8) is 0 Å². The second kappa shape index (κ2) is 7.78. The number of aliphatic hydroxyl groups excluding tert-OH is 1. The summed E-state index contributed by atoms with van der Waals surface area (Å²) >= 11 is 0. The summed E-state index contributed by atoms with van der Waals surface area (Å²) in [7, 11) is 3.88. The molecule has 0 aliphatic rings. The van der Waals surface area contributed by atoms with Crippen LogP contribution in [0.3, 0.4) is 0 Å². The van der Waals surface area contributed by atoms with Gasteiger partial charge in [0.05, 0.1) is 5.52 Å². The number of rotatable bonds is 6. The van der Waals surface area contributed by atoms with E-state index in [4.69, 9.17) is 5.11 Å². The Kier molecular flexibility index (Phi) is 5.76. The fraction of sp³-hybridized carbons (Fsp3) is 0.412. The summed E-state index contributed by atoms with van der Waals surface area (Å²) in [5.41, 5.74) is 1.92. The molecule has 1 heterocycles. The predicted molar refractivity (Wildman–Crippen MR) is 92.6 cm³/mol. The first-order chi connectivity index (χ1) is 11.0. The zero-order valence-corrected chi connectivity index (χ0v) is 13.8. The van der Waals surface area contributed by atoms with E-state index in [2.05, 4.69) is 15.6 Å². The van der Waals surface area contributed by atoms with Crippen molar-refractivity contribution in [3.8, 4) is 0 Å². The van der Waals surface area contributed by atoms with Gasteiger partial charge < -0.3 is 20.6 Å². The second-order valence-corrected chi connectivity index (χ2v) is 5.79. The number of hydrogen-bond acceptors (Lipinski definition) is 4. The summed E-state index contributed by atoms with van der Waals surface area (Å²) in [6.45, 7) is 2.34. The highest BCUT2D eigenvalue weighted by molar-refractivity contribution is 5.84. The van der Waals surface area contributed by atoms with Crippen LogP contribution in [0, 0.1) is 0 Å². The quantitative estimate of drug-likeness (QED) is 0.760. The van der Waals surface area contributed by atoms with E-state index in [-0.39, 0.29) is 18.7 Å². The first kappa shape index (κ1) is 17.0. The zero-order valence-electron chi connectivity index (χ0n) is 13.8. The third-order valence-corrected chi connectivity index (χ3v) is 3.63. The molecular weight excluding hydrogens is 292 g/mol. The number of aromatic nitrogens is 1. The van der Waals surface area contributed by atoms with E-state index >= 15 is 0 Å². The summed E-state index contributed by atoms with van der Waals surface area (Å²) in [6, 6.07) is 9.58. The largest absolute Gasteiger partial charge is 0.396 e. The third-order valence-electron chi connectivity index (χ3n) is 3.63. The van der Waals surface area contributed by atoms with Crippen LogP contribution in [-0.4, -0.2) is 42.9 Å². The molecule has 23 heavy (non-hydrogen) atoms. The van der Waals surface area contributed by atoms with Gasteiger partial charge >= 0.3 is 6.03 Å². The normalized spacial score (nSPS) is 12.0. The van der Waals surface area contributed by atoms with Crippen LogP contribution in [0.2, 0.25) is 0 Å². The van der Waals surface area contributed by atoms with E-state index in [1.807, 2.05) is 56.3 Å². The molecule has 1 aromatic carbocycles. The molecule has 0 radical (unpaired) electrons. The number of nitrogens with one attached hydrogen (secondary N) is 2. The minimum absolute atomic E-state index is 0.0582. The van der Waals surface area contributed by atoms with Crippen molar-refractivity contribution < 1.29 is 9.90 Å². The van der Waals surface area contributed by atoms with Crippen LogP contribution < -0.4 is 15.5 Å². The maximum Gasteiger partial charge on any atom is 0.315 e. The average molecular weight is 316 g/mol. The van der Waals surface area contributed by atoms with Crippen molar-refractivity contribution >= 4 is 22.8 Å². The van der Waals surface area contributed by atoms with E-state index in [1.54, 1.807) is 0 Å². The topological polar surface area (TPSA) is 77.5 Å². The van der Waals surface area contributed by atoms with Crippen LogP contribution in [0.15, 0.2) is 30.3 Å². The third kappa shape index (κ3) is 4.56. The molecule has 0 fully saturated rings. The number of nitrogens with zero attached hydrogens (tertiary/aromatic N) is 2. The highest BCUT2D eigenvalue weighted by Crippen LogP contribution is 2.21. The van der Waals surface area contributed by atoms with Gasteiger partial charge in [-0.2, -0.15) is 0 Å². The summed E-state index contributed by atoms with van der Waals surface area (Å²) < 4.78 is 0. The monoisotopic (exact) mass is 316 g/mol. The predicted octanol–water partition coefficient (Wildman–Crippen LogP) is 1.87. The molecule has 0 aliphatic carbocycles. The number of pyridine rings is 1. The fourth-order valence-electron chi connectivity index (χ4n) is 2.32. The number of carbonyl (C=O) groups is 1. The number of hydrogen-bond donors (Lipinski definition) is 3. The Bertz CT molecular complexity index is 673. The van der Waals surface area contributed by atoms with Gasteiger partial charge in [0.2, 0.25) is 0 Å². The van der Waals surface area contributed by atoms with Gasteiger partial charge in [-0.05, 0) is 31.0 Å². The van der Waals surface area contributed by atoms with Gasteiger partial charge in [-0.3, -0.25) is 0 Å². The van der Waals surface area contributed by atoms with Crippen LogP contribution >= 0.6 is 0 Å². The summed E-state index contributed by atoms with van der Waals surface area (Å²) in [4.78, 5) is 18.5. The van der Waals surface area contributed by atoms with Crippen molar-refractivity contribution in [2.75, 3.05) is 25.6 Å². The first-order valence-electron chi connectivity index (χ1n) is 7.72. The highest BCUT2D eigenvalue weighted by Gasteiger charge is 2.10. The Balaban J connectivity index is 2.14. The van der Waals surface area contributed by atoms with Gasteiger partial charge in [-0.15, -0.1) is 0 Å². The van der Waals surface area contributed by atoms with Gasteiger partial charge in [-0.25, -0.2) is 9.78 Å². The lowest BCUT2D eigenvalue weighted by molar-refractivity contribution is 0.230. The van der Waals surface area contributed by atoms with E-state index < -0.39 is 0 Å². The molecule has 2 rings (SSSR count). The average Bonchev–Trinajstić information content (AvgIpc) is 2.52. The number of benzene rings is 1. The fourth-order valence-corrected chi connectivity index (χ4v) is 2.32. The number of anilines is 1. The Morgan fingerprint density at radius 1 is 1.35 bits per heavy atom. The number of urea groups is 1. The maximum atomic E-state index is 11.9. The van der Waals surface area contributed by atoms with E-state index in [0.29, 0.717) is 13.0 Å². The lowest BCUT2D eigenvalue weighted by atomic mass is 10.1. The molecule has 2 amide bonds.